The molecule has 0 spiro atoms. The van der Waals surface area contributed by atoms with Gasteiger partial charge < -0.3 is 24.1 Å². The normalized spacial score (nSPS) is 15.2. The molecule has 5 rings (SSSR count). The van der Waals surface area contributed by atoms with E-state index >= 15 is 0 Å². The van der Waals surface area contributed by atoms with E-state index in [4.69, 9.17) is 4.74 Å². The van der Waals surface area contributed by atoms with E-state index in [1.807, 2.05) is 43.3 Å². The molecule has 3 aromatic heterocycles. The van der Waals surface area contributed by atoms with Gasteiger partial charge in [-0.3, -0.25) is 4.79 Å². The molecule has 0 aliphatic carbocycles. The Labute approximate surface area is 199 Å². The maximum absolute atomic E-state index is 13.4. The number of nitrogens with zero attached hydrogens (tertiary/aromatic N) is 4. The fourth-order valence-electron chi connectivity index (χ4n) is 4.72. The Morgan fingerprint density at radius 2 is 1.97 bits per heavy atom. The zero-order valence-electron chi connectivity index (χ0n) is 20.0. The zero-order valence-corrected chi connectivity index (χ0v) is 20.0. The molecule has 1 aliphatic heterocycles. The number of aromatic amines is 1. The van der Waals surface area contributed by atoms with Gasteiger partial charge in [0.05, 0.1) is 31.1 Å². The number of hydrogen-bond donors (Lipinski definition) is 1. The largest absolute Gasteiger partial charge is 0.378 e. The summed E-state index contributed by atoms with van der Waals surface area (Å²) in [7, 11) is 4.07. The average molecular weight is 458 g/mol. The number of aryl methyl sites for hydroxylation is 1. The lowest BCUT2D eigenvalue weighted by molar-refractivity contribution is 0.122. The van der Waals surface area contributed by atoms with Crippen LogP contribution in [0.5, 0.6) is 0 Å². The Bertz CT molecular complexity index is 1350. The summed E-state index contributed by atoms with van der Waals surface area (Å²) < 4.78 is 7.32. The topological polar surface area (TPSA) is 66.4 Å². The quantitative estimate of drug-likeness (QED) is 0.478. The van der Waals surface area contributed by atoms with Crippen LogP contribution in [-0.4, -0.2) is 66.4 Å². The molecule has 1 aromatic carbocycles. The summed E-state index contributed by atoms with van der Waals surface area (Å²) >= 11 is 0. The first kappa shape index (κ1) is 22.4. The molecule has 0 unspecified atom stereocenters. The number of pyridine rings is 2. The molecule has 1 aliphatic rings. The number of ether oxygens (including phenoxy) is 1. The van der Waals surface area contributed by atoms with E-state index in [9.17, 15) is 4.79 Å². The molecular formula is C27H31N5O2. The molecule has 0 bridgehead atoms. The molecule has 4 aromatic rings. The number of H-pyrrole nitrogens is 1. The second kappa shape index (κ2) is 9.44. The van der Waals surface area contributed by atoms with Gasteiger partial charge in [0.25, 0.3) is 5.56 Å². The molecule has 0 radical (unpaired) electrons. The smallest absolute Gasteiger partial charge is 0.251 e. The third kappa shape index (κ3) is 4.49. The molecule has 0 amide bonds. The second-order valence-corrected chi connectivity index (χ2v) is 9.24. The van der Waals surface area contributed by atoms with Gasteiger partial charge in [0.15, 0.2) is 0 Å². The van der Waals surface area contributed by atoms with Crippen LogP contribution in [0.1, 0.15) is 17.2 Å². The molecule has 1 saturated heterocycles. The van der Waals surface area contributed by atoms with Crippen molar-refractivity contribution < 1.29 is 4.74 Å². The number of nitrogens with one attached hydrogen (secondary N) is 1. The highest BCUT2D eigenvalue weighted by molar-refractivity contribution is 5.95. The number of fused-ring (bicyclic) bond motifs is 1. The van der Waals surface area contributed by atoms with Gasteiger partial charge in [-0.15, -0.1) is 0 Å². The van der Waals surface area contributed by atoms with E-state index in [1.165, 1.54) is 5.56 Å². The minimum Gasteiger partial charge on any atom is -0.378 e. The van der Waals surface area contributed by atoms with Crippen LogP contribution >= 0.6 is 0 Å². The van der Waals surface area contributed by atoms with Crippen LogP contribution in [0, 0.1) is 6.92 Å². The highest BCUT2D eigenvalue weighted by atomic mass is 16.5. The Hall–Kier alpha value is -3.42. The van der Waals surface area contributed by atoms with Gasteiger partial charge in [-0.2, -0.15) is 0 Å². The SMILES string of the molecule is Cc1cccc([C@@H](CN(C)C)n2ccc(-c3c[nH]c4ncc(N5CCOCC5)cc34)cc2=O)c1. The van der Waals surface area contributed by atoms with Crippen molar-refractivity contribution in [2.75, 3.05) is 51.8 Å². The summed E-state index contributed by atoms with van der Waals surface area (Å²) in [6, 6.07) is 14.3. The third-order valence-corrected chi connectivity index (χ3v) is 6.45. The van der Waals surface area contributed by atoms with Gasteiger partial charge in [-0.05, 0) is 44.3 Å². The summed E-state index contributed by atoms with van der Waals surface area (Å²) in [6.45, 7) is 5.99. The van der Waals surface area contributed by atoms with Crippen molar-refractivity contribution in [2.45, 2.75) is 13.0 Å². The maximum atomic E-state index is 13.4. The van der Waals surface area contributed by atoms with E-state index in [0.717, 1.165) is 66.3 Å². The van der Waals surface area contributed by atoms with E-state index in [-0.39, 0.29) is 11.6 Å². The van der Waals surface area contributed by atoms with Gasteiger partial charge in [-0.1, -0.05) is 29.8 Å². The highest BCUT2D eigenvalue weighted by Crippen LogP contribution is 2.30. The summed E-state index contributed by atoms with van der Waals surface area (Å²) in [5.41, 5.74) is 6.08. The second-order valence-electron chi connectivity index (χ2n) is 9.24. The molecule has 4 heterocycles. The van der Waals surface area contributed by atoms with Crippen LogP contribution in [0.25, 0.3) is 22.2 Å². The Morgan fingerprint density at radius 1 is 1.15 bits per heavy atom. The fourth-order valence-corrected chi connectivity index (χ4v) is 4.72. The van der Waals surface area contributed by atoms with Crippen LogP contribution in [0.2, 0.25) is 0 Å². The van der Waals surface area contributed by atoms with Crippen LogP contribution < -0.4 is 10.5 Å². The minimum absolute atomic E-state index is 0.0162. The van der Waals surface area contributed by atoms with Crippen LogP contribution in [0.15, 0.2) is 65.8 Å². The minimum atomic E-state index is -0.0611. The van der Waals surface area contributed by atoms with Crippen LogP contribution in [0.3, 0.4) is 0 Å². The lowest BCUT2D eigenvalue weighted by Gasteiger charge is -2.28. The predicted octanol–water partition coefficient (Wildman–Crippen LogP) is 3.69. The molecule has 7 heteroatoms. The van der Waals surface area contributed by atoms with E-state index in [1.54, 1.807) is 6.07 Å². The molecule has 7 nitrogen and oxygen atoms in total. The molecular weight excluding hydrogens is 426 g/mol. The van der Waals surface area contributed by atoms with Crippen molar-refractivity contribution in [2.24, 2.45) is 0 Å². The molecule has 34 heavy (non-hydrogen) atoms. The van der Waals surface area contributed by atoms with Crippen molar-refractivity contribution in [3.63, 3.8) is 0 Å². The number of likely N-dealkylation sites (N-methyl/N-ethyl adjacent to an activating group) is 1. The first-order valence-corrected chi connectivity index (χ1v) is 11.7. The van der Waals surface area contributed by atoms with Crippen molar-refractivity contribution in [3.8, 4) is 11.1 Å². The van der Waals surface area contributed by atoms with Gasteiger partial charge >= 0.3 is 0 Å². The molecule has 1 N–H and O–H groups in total. The standard InChI is InChI=1S/C27H31N5O2/c1-19-5-4-6-21(13-19)25(18-30(2)3)32-8-7-20(14-26(32)33)24-17-29-27-23(24)15-22(16-28-27)31-9-11-34-12-10-31/h4-8,13-17,25H,9-12,18H2,1-3H3,(H,28,29)/t25-/m1/s1. The first-order valence-electron chi connectivity index (χ1n) is 11.7. The summed E-state index contributed by atoms with van der Waals surface area (Å²) in [5, 5.41) is 1.02. The molecule has 1 fully saturated rings. The van der Waals surface area contributed by atoms with Crippen LogP contribution in [-0.2, 0) is 4.74 Å². The summed E-state index contributed by atoms with van der Waals surface area (Å²) in [4.78, 5) is 25.7. The number of benzene rings is 1. The lowest BCUT2D eigenvalue weighted by atomic mass is 10.0. The number of hydrogen-bond acceptors (Lipinski definition) is 5. The molecule has 1 atom stereocenters. The number of rotatable bonds is 6. The van der Waals surface area contributed by atoms with Gasteiger partial charge in [-0.25, -0.2) is 4.98 Å². The van der Waals surface area contributed by atoms with E-state index in [0.29, 0.717) is 0 Å². The third-order valence-electron chi connectivity index (χ3n) is 6.45. The average Bonchev–Trinajstić information content (AvgIpc) is 3.26. The first-order chi connectivity index (χ1) is 16.5. The van der Waals surface area contributed by atoms with E-state index < -0.39 is 0 Å². The molecule has 0 saturated carbocycles. The fraction of sp³-hybridized carbons (Fsp3) is 0.333. The van der Waals surface area contributed by atoms with Crippen molar-refractivity contribution in [1.82, 2.24) is 19.4 Å². The highest BCUT2D eigenvalue weighted by Gasteiger charge is 2.18. The summed E-state index contributed by atoms with van der Waals surface area (Å²) in [5.74, 6) is 0. The Morgan fingerprint density at radius 3 is 2.71 bits per heavy atom. The van der Waals surface area contributed by atoms with Gasteiger partial charge in [0.1, 0.15) is 5.65 Å². The monoisotopic (exact) mass is 457 g/mol. The zero-order chi connectivity index (χ0) is 23.7. The van der Waals surface area contributed by atoms with Crippen LogP contribution in [0.4, 0.5) is 5.69 Å². The van der Waals surface area contributed by atoms with Gasteiger partial charge in [0, 0.05) is 49.0 Å². The maximum Gasteiger partial charge on any atom is 0.251 e. The van der Waals surface area contributed by atoms with Crippen molar-refractivity contribution in [3.05, 3.63) is 82.5 Å². The van der Waals surface area contributed by atoms with Crippen molar-refractivity contribution >= 4 is 16.7 Å². The number of morpholine rings is 1. The lowest BCUT2D eigenvalue weighted by Crippen LogP contribution is -2.36. The van der Waals surface area contributed by atoms with Gasteiger partial charge in [0.2, 0.25) is 0 Å². The van der Waals surface area contributed by atoms with E-state index in [2.05, 4.69) is 57.0 Å². The Kier molecular flexibility index (Phi) is 6.22. The Balaban J connectivity index is 1.52. The molecule has 176 valence electrons. The predicted molar refractivity (Wildman–Crippen MR) is 137 cm³/mol. The summed E-state index contributed by atoms with van der Waals surface area (Å²) in [6.07, 6.45) is 5.77. The van der Waals surface area contributed by atoms with Crippen molar-refractivity contribution in [1.29, 1.82) is 0 Å². The number of anilines is 1. The number of aromatic nitrogens is 3.